The van der Waals surface area contributed by atoms with Gasteiger partial charge in [0.05, 0.1) is 4.92 Å². The molecule has 0 fully saturated rings. The lowest BCUT2D eigenvalue weighted by molar-refractivity contribution is -0.384. The minimum absolute atomic E-state index is 0.0785. The van der Waals surface area contributed by atoms with Gasteiger partial charge in [0.2, 0.25) is 11.3 Å². The molecule has 27 heavy (non-hydrogen) atoms. The molecule has 0 unspecified atom stereocenters. The van der Waals surface area contributed by atoms with Gasteiger partial charge < -0.3 is 10.6 Å². The maximum absolute atomic E-state index is 13.1. The van der Waals surface area contributed by atoms with E-state index in [1.165, 1.54) is 42.5 Å². The number of hydrogen-bond donors (Lipinski definition) is 2. The fraction of sp³-hybridized carbons (Fsp3) is 0. The zero-order valence-corrected chi connectivity index (χ0v) is 13.5. The van der Waals surface area contributed by atoms with Crippen LogP contribution in [0.5, 0.6) is 0 Å². The molecule has 134 valence electrons. The van der Waals surface area contributed by atoms with E-state index >= 15 is 0 Å². The molecule has 2 N–H and O–H groups in total. The van der Waals surface area contributed by atoms with Crippen molar-refractivity contribution in [2.75, 3.05) is 10.6 Å². The smallest absolute Gasteiger partial charge is 0.271 e. The summed E-state index contributed by atoms with van der Waals surface area (Å²) in [7, 11) is 0. The third-order valence-electron chi connectivity index (χ3n) is 3.54. The van der Waals surface area contributed by atoms with E-state index in [4.69, 9.17) is 0 Å². The van der Waals surface area contributed by atoms with Crippen LogP contribution in [-0.4, -0.2) is 25.2 Å². The highest BCUT2D eigenvalue weighted by molar-refractivity contribution is 5.79. The van der Waals surface area contributed by atoms with Crippen LogP contribution in [0.3, 0.4) is 0 Å². The number of nitro benzene ring substituents is 1. The maximum Gasteiger partial charge on any atom is 0.271 e. The van der Waals surface area contributed by atoms with Gasteiger partial charge in [-0.25, -0.2) is 19.0 Å². The Hall–Kier alpha value is -4.15. The number of fused-ring (bicyclic) bond motifs is 1. The van der Waals surface area contributed by atoms with E-state index in [-0.39, 0.29) is 34.4 Å². The second-order valence-electron chi connectivity index (χ2n) is 5.40. The highest BCUT2D eigenvalue weighted by atomic mass is 19.1. The molecule has 2 aromatic heterocycles. The van der Waals surface area contributed by atoms with Crippen molar-refractivity contribution in [1.82, 2.24) is 20.3 Å². The average molecular weight is 367 g/mol. The number of aromatic nitrogens is 4. The van der Waals surface area contributed by atoms with Gasteiger partial charge in [-0.15, -0.1) is 0 Å². The van der Waals surface area contributed by atoms with Gasteiger partial charge >= 0.3 is 0 Å². The molecule has 0 aliphatic rings. The largest absolute Gasteiger partial charge is 0.337 e. The normalized spacial score (nSPS) is 10.7. The number of rotatable bonds is 5. The van der Waals surface area contributed by atoms with Crippen LogP contribution in [0.4, 0.5) is 33.1 Å². The second-order valence-corrected chi connectivity index (χ2v) is 5.40. The first-order valence-electron chi connectivity index (χ1n) is 7.63. The number of hydrogen-bond acceptors (Lipinski definition) is 9. The van der Waals surface area contributed by atoms with Crippen molar-refractivity contribution in [2.24, 2.45) is 0 Å². The van der Waals surface area contributed by atoms with Crippen LogP contribution in [0, 0.1) is 15.9 Å². The van der Waals surface area contributed by atoms with E-state index in [0.717, 1.165) is 0 Å². The summed E-state index contributed by atoms with van der Waals surface area (Å²) in [5.41, 5.74) is 1.24. The highest BCUT2D eigenvalue weighted by Crippen LogP contribution is 2.28. The van der Waals surface area contributed by atoms with Gasteiger partial charge in [0.15, 0.2) is 11.6 Å². The van der Waals surface area contributed by atoms with Crippen molar-refractivity contribution in [3.63, 3.8) is 0 Å². The van der Waals surface area contributed by atoms with Gasteiger partial charge in [0.25, 0.3) is 5.69 Å². The van der Waals surface area contributed by atoms with Crippen molar-refractivity contribution in [3.05, 3.63) is 64.5 Å². The predicted molar refractivity (Wildman–Crippen MR) is 93.5 cm³/mol. The number of anilines is 4. The van der Waals surface area contributed by atoms with Crippen LogP contribution in [0.15, 0.2) is 53.2 Å². The first kappa shape index (κ1) is 16.3. The Morgan fingerprint density at radius 3 is 2.19 bits per heavy atom. The summed E-state index contributed by atoms with van der Waals surface area (Å²) in [6.07, 6.45) is 0. The van der Waals surface area contributed by atoms with E-state index in [1.807, 2.05) is 0 Å². The van der Waals surface area contributed by atoms with Crippen LogP contribution >= 0.6 is 0 Å². The first-order chi connectivity index (χ1) is 13.1. The van der Waals surface area contributed by atoms with E-state index in [0.29, 0.717) is 11.4 Å². The molecule has 0 radical (unpaired) electrons. The van der Waals surface area contributed by atoms with Crippen LogP contribution in [-0.2, 0) is 0 Å². The van der Waals surface area contributed by atoms with Crippen LogP contribution < -0.4 is 10.6 Å². The minimum Gasteiger partial charge on any atom is -0.337 e. The SMILES string of the molecule is O=[N+]([O-])c1cccc(Nc2nc3nonc3nc2Nc2ccc(F)cc2)c1. The lowest BCUT2D eigenvalue weighted by Crippen LogP contribution is -2.03. The quantitative estimate of drug-likeness (QED) is 0.401. The zero-order valence-electron chi connectivity index (χ0n) is 13.5. The van der Waals surface area contributed by atoms with Gasteiger partial charge in [-0.2, -0.15) is 0 Å². The van der Waals surface area contributed by atoms with Gasteiger partial charge in [0.1, 0.15) is 5.82 Å². The maximum atomic E-state index is 13.1. The fourth-order valence-electron chi connectivity index (χ4n) is 2.32. The summed E-state index contributed by atoms with van der Waals surface area (Å²) < 4.78 is 17.7. The van der Waals surface area contributed by atoms with E-state index in [1.54, 1.807) is 6.07 Å². The lowest BCUT2D eigenvalue weighted by Gasteiger charge is -2.11. The Balaban J connectivity index is 1.72. The van der Waals surface area contributed by atoms with Crippen molar-refractivity contribution in [2.45, 2.75) is 0 Å². The lowest BCUT2D eigenvalue weighted by atomic mass is 10.3. The molecular formula is C16H10FN7O3. The molecular weight excluding hydrogens is 357 g/mol. The molecule has 0 aliphatic heterocycles. The van der Waals surface area contributed by atoms with Gasteiger partial charge in [0, 0.05) is 23.5 Å². The zero-order chi connectivity index (χ0) is 18.8. The third kappa shape index (κ3) is 3.46. The van der Waals surface area contributed by atoms with Crippen molar-refractivity contribution < 1.29 is 13.9 Å². The minimum atomic E-state index is -0.501. The van der Waals surface area contributed by atoms with Crippen molar-refractivity contribution >= 4 is 40.0 Å². The Bertz CT molecular complexity index is 1130. The molecule has 0 spiro atoms. The Labute approximate surface area is 150 Å². The van der Waals surface area contributed by atoms with E-state index < -0.39 is 4.92 Å². The molecule has 11 heteroatoms. The molecule has 4 rings (SSSR count). The molecule has 10 nitrogen and oxygen atoms in total. The summed E-state index contributed by atoms with van der Waals surface area (Å²) >= 11 is 0. The predicted octanol–water partition coefficient (Wildman–Crippen LogP) is 3.55. The molecule has 0 saturated carbocycles. The van der Waals surface area contributed by atoms with Gasteiger partial charge in [-0.3, -0.25) is 10.1 Å². The average Bonchev–Trinajstić information content (AvgIpc) is 3.11. The Morgan fingerprint density at radius 1 is 0.926 bits per heavy atom. The highest BCUT2D eigenvalue weighted by Gasteiger charge is 2.14. The van der Waals surface area contributed by atoms with E-state index in [9.17, 15) is 14.5 Å². The molecule has 4 aromatic rings. The van der Waals surface area contributed by atoms with Gasteiger partial charge in [-0.05, 0) is 40.6 Å². The summed E-state index contributed by atoms with van der Waals surface area (Å²) in [5, 5.41) is 24.2. The molecule has 0 saturated heterocycles. The van der Waals surface area contributed by atoms with Crippen LogP contribution in [0.2, 0.25) is 0 Å². The Kier molecular flexibility index (Phi) is 4.01. The molecule has 0 atom stereocenters. The molecule has 0 bridgehead atoms. The molecule has 2 aromatic carbocycles. The molecule has 0 amide bonds. The first-order valence-corrected chi connectivity index (χ1v) is 7.63. The van der Waals surface area contributed by atoms with Crippen molar-refractivity contribution in [1.29, 1.82) is 0 Å². The molecule has 2 heterocycles. The second kappa shape index (κ2) is 6.63. The summed E-state index contributed by atoms with van der Waals surface area (Å²) in [6, 6.07) is 11.5. The number of nitro groups is 1. The Morgan fingerprint density at radius 2 is 1.56 bits per heavy atom. The molecule has 0 aliphatic carbocycles. The monoisotopic (exact) mass is 367 g/mol. The van der Waals surface area contributed by atoms with Crippen LogP contribution in [0.1, 0.15) is 0 Å². The number of non-ortho nitro benzene ring substituents is 1. The topological polar surface area (TPSA) is 132 Å². The van der Waals surface area contributed by atoms with Gasteiger partial charge in [-0.1, -0.05) is 6.07 Å². The number of benzene rings is 2. The van der Waals surface area contributed by atoms with Crippen LogP contribution in [0.25, 0.3) is 11.3 Å². The standard InChI is InChI=1S/C16H10FN7O3/c17-9-4-6-10(7-5-9)18-13-14(21-16-15(20-13)22-27-23-16)19-11-2-1-3-12(8-11)24(25)26/h1-8H,(H,18,20,22)(H,19,21,23). The fourth-order valence-corrected chi connectivity index (χ4v) is 2.32. The van der Waals surface area contributed by atoms with E-state index in [2.05, 4.69) is 35.5 Å². The third-order valence-corrected chi connectivity index (χ3v) is 3.54. The number of halogens is 1. The summed E-state index contributed by atoms with van der Waals surface area (Å²) in [6.45, 7) is 0. The number of nitrogens with one attached hydrogen (secondary N) is 2. The van der Waals surface area contributed by atoms with Crippen molar-refractivity contribution in [3.8, 4) is 0 Å². The summed E-state index contributed by atoms with van der Waals surface area (Å²) in [5.74, 6) is 0.122. The number of nitrogens with zero attached hydrogens (tertiary/aromatic N) is 5. The summed E-state index contributed by atoms with van der Waals surface area (Å²) in [4.78, 5) is 19.0.